The zero-order valence-corrected chi connectivity index (χ0v) is 19.9. The van der Waals surface area contributed by atoms with E-state index in [-0.39, 0.29) is 11.5 Å². The highest BCUT2D eigenvalue weighted by Crippen LogP contribution is 2.38. The van der Waals surface area contributed by atoms with Gasteiger partial charge in [0.25, 0.3) is 11.5 Å². The van der Waals surface area contributed by atoms with Gasteiger partial charge >= 0.3 is 0 Å². The van der Waals surface area contributed by atoms with Gasteiger partial charge in [0.2, 0.25) is 0 Å². The Morgan fingerprint density at radius 1 is 0.865 bits per heavy atom. The number of amides is 1. The number of carbonyl (C=O) groups is 2. The standard InChI is InChI=1S/C28H20N4O5/c1-36-22-12-11-15(13-23(22)37-2)20-14-21(30-29-20)27(34)31-32-25-17-8-4-5-9-18(17)26(33)24(25)16-7-3-6-10-19(16)28(32)35/h3-14H,1-2H3,(H,29,30)(H,31,34). The lowest BCUT2D eigenvalue weighted by molar-refractivity contribution is 0.0999. The number of fused-ring (bicyclic) bond motifs is 5. The maximum atomic E-state index is 13.5. The van der Waals surface area contributed by atoms with Crippen LogP contribution in [0.2, 0.25) is 0 Å². The van der Waals surface area contributed by atoms with Gasteiger partial charge in [0, 0.05) is 27.5 Å². The van der Waals surface area contributed by atoms with Gasteiger partial charge in [-0.15, -0.1) is 0 Å². The van der Waals surface area contributed by atoms with E-state index in [0.29, 0.717) is 55.9 Å². The molecule has 0 spiro atoms. The summed E-state index contributed by atoms with van der Waals surface area (Å²) in [5, 5.41) is 7.85. The lowest BCUT2D eigenvalue weighted by Crippen LogP contribution is -2.35. The van der Waals surface area contributed by atoms with Gasteiger partial charge in [0.1, 0.15) is 5.69 Å². The molecular formula is C28H20N4O5. The minimum Gasteiger partial charge on any atom is -0.493 e. The molecule has 6 rings (SSSR count). The summed E-state index contributed by atoms with van der Waals surface area (Å²) in [5.74, 6) is 0.312. The van der Waals surface area contributed by atoms with Crippen molar-refractivity contribution in [2.45, 2.75) is 0 Å². The van der Waals surface area contributed by atoms with E-state index in [2.05, 4.69) is 15.6 Å². The van der Waals surface area contributed by atoms with E-state index >= 15 is 0 Å². The van der Waals surface area contributed by atoms with Gasteiger partial charge in [0.15, 0.2) is 17.3 Å². The van der Waals surface area contributed by atoms with Crippen molar-refractivity contribution < 1.29 is 19.1 Å². The number of nitrogens with zero attached hydrogens (tertiary/aromatic N) is 2. The van der Waals surface area contributed by atoms with E-state index in [1.165, 1.54) is 7.11 Å². The first-order chi connectivity index (χ1) is 18.0. The summed E-state index contributed by atoms with van der Waals surface area (Å²) < 4.78 is 11.8. The fourth-order valence-corrected chi connectivity index (χ4v) is 4.71. The number of H-pyrrole nitrogens is 1. The summed E-state index contributed by atoms with van der Waals surface area (Å²) in [4.78, 5) is 40.1. The predicted octanol–water partition coefficient (Wildman–Crippen LogP) is 4.00. The number of benzene rings is 3. The van der Waals surface area contributed by atoms with Gasteiger partial charge in [-0.25, -0.2) is 4.68 Å². The number of hydrogen-bond donors (Lipinski definition) is 2. The van der Waals surface area contributed by atoms with Crippen molar-refractivity contribution in [1.29, 1.82) is 0 Å². The molecule has 1 amide bonds. The fraction of sp³-hybridized carbons (Fsp3) is 0.0714. The Morgan fingerprint density at radius 2 is 1.57 bits per heavy atom. The van der Waals surface area contributed by atoms with E-state index in [4.69, 9.17) is 9.47 Å². The molecule has 0 saturated heterocycles. The Balaban J connectivity index is 1.43. The van der Waals surface area contributed by atoms with Crippen LogP contribution in [-0.2, 0) is 0 Å². The second kappa shape index (κ2) is 8.49. The van der Waals surface area contributed by atoms with Crippen LogP contribution in [0, 0.1) is 0 Å². The molecule has 0 aliphatic heterocycles. The molecule has 0 saturated carbocycles. The molecule has 2 heterocycles. The van der Waals surface area contributed by atoms with Crippen molar-refractivity contribution in [3.63, 3.8) is 0 Å². The van der Waals surface area contributed by atoms with E-state index in [1.807, 2.05) is 0 Å². The highest BCUT2D eigenvalue weighted by atomic mass is 16.5. The second-order valence-electron chi connectivity index (χ2n) is 8.46. The monoisotopic (exact) mass is 492 g/mol. The number of ketones is 1. The van der Waals surface area contributed by atoms with Crippen LogP contribution in [0.1, 0.15) is 26.4 Å². The molecule has 1 aliphatic carbocycles. The fourth-order valence-electron chi connectivity index (χ4n) is 4.71. The Hall–Kier alpha value is -5.18. The minimum absolute atomic E-state index is 0.135. The summed E-state index contributed by atoms with van der Waals surface area (Å²) in [6.07, 6.45) is 0. The first kappa shape index (κ1) is 22.3. The van der Waals surface area contributed by atoms with Gasteiger partial charge in [-0.2, -0.15) is 5.10 Å². The molecule has 0 radical (unpaired) electrons. The number of carbonyl (C=O) groups excluding carboxylic acids is 2. The summed E-state index contributed by atoms with van der Waals surface area (Å²) in [6.45, 7) is 0. The quantitative estimate of drug-likeness (QED) is 0.376. The van der Waals surface area contributed by atoms with Crippen LogP contribution < -0.4 is 20.5 Å². The van der Waals surface area contributed by atoms with Crippen LogP contribution in [0.15, 0.2) is 77.6 Å². The lowest BCUT2D eigenvalue weighted by Gasteiger charge is -2.15. The third-order valence-electron chi connectivity index (χ3n) is 6.46. The largest absolute Gasteiger partial charge is 0.493 e. The molecule has 3 aromatic carbocycles. The first-order valence-corrected chi connectivity index (χ1v) is 11.4. The Bertz CT molecular complexity index is 1800. The SMILES string of the molecule is COc1ccc(-c2cc(C(=O)Nn3c4c(c5ccccc5c3=O)C(=O)c3ccccc3-4)[nH]n2)cc1OC. The van der Waals surface area contributed by atoms with Crippen LogP contribution in [0.4, 0.5) is 0 Å². The van der Waals surface area contributed by atoms with Crippen molar-refractivity contribution in [3.8, 4) is 34.0 Å². The van der Waals surface area contributed by atoms with Gasteiger partial charge < -0.3 is 9.47 Å². The van der Waals surface area contributed by atoms with Crippen LogP contribution in [0.25, 0.3) is 33.3 Å². The molecule has 0 unspecified atom stereocenters. The molecular weight excluding hydrogens is 472 g/mol. The average molecular weight is 492 g/mol. The molecule has 2 N–H and O–H groups in total. The molecule has 0 atom stereocenters. The Kier molecular flexibility index (Phi) is 5.11. The van der Waals surface area contributed by atoms with Crippen molar-refractivity contribution in [1.82, 2.24) is 14.9 Å². The Labute approximate surface area is 210 Å². The number of nitrogens with one attached hydrogen (secondary N) is 2. The molecule has 0 bridgehead atoms. The number of rotatable bonds is 5. The number of ether oxygens (including phenoxy) is 2. The molecule has 2 aromatic heterocycles. The first-order valence-electron chi connectivity index (χ1n) is 11.4. The van der Waals surface area contributed by atoms with Gasteiger partial charge in [-0.1, -0.05) is 42.5 Å². The molecule has 1 aliphatic rings. The lowest BCUT2D eigenvalue weighted by atomic mass is 10.0. The number of aromatic amines is 1. The smallest absolute Gasteiger partial charge is 0.288 e. The van der Waals surface area contributed by atoms with Crippen LogP contribution in [0.3, 0.4) is 0 Å². The molecule has 37 heavy (non-hydrogen) atoms. The van der Waals surface area contributed by atoms with E-state index in [9.17, 15) is 14.4 Å². The molecule has 9 heteroatoms. The number of aromatic nitrogens is 3. The van der Waals surface area contributed by atoms with Crippen molar-refractivity contribution in [2.75, 3.05) is 19.6 Å². The summed E-state index contributed by atoms with van der Waals surface area (Å²) in [5.41, 5.74) is 5.39. The van der Waals surface area contributed by atoms with Crippen LogP contribution >= 0.6 is 0 Å². The second-order valence-corrected chi connectivity index (χ2v) is 8.46. The number of hydrogen-bond acceptors (Lipinski definition) is 6. The van der Waals surface area contributed by atoms with Crippen LogP contribution in [0.5, 0.6) is 11.5 Å². The van der Waals surface area contributed by atoms with Gasteiger partial charge in [-0.3, -0.25) is 24.9 Å². The third kappa shape index (κ3) is 3.40. The van der Waals surface area contributed by atoms with Gasteiger partial charge in [0.05, 0.1) is 31.2 Å². The topological polar surface area (TPSA) is 115 Å². The molecule has 182 valence electrons. The molecule has 0 fully saturated rings. The predicted molar refractivity (Wildman–Crippen MR) is 138 cm³/mol. The number of methoxy groups -OCH3 is 2. The Morgan fingerprint density at radius 3 is 2.32 bits per heavy atom. The van der Waals surface area contributed by atoms with E-state index in [1.54, 1.807) is 79.9 Å². The number of pyridine rings is 1. The summed E-state index contributed by atoms with van der Waals surface area (Å²) >= 11 is 0. The van der Waals surface area contributed by atoms with E-state index in [0.717, 1.165) is 4.68 Å². The van der Waals surface area contributed by atoms with Crippen molar-refractivity contribution >= 4 is 22.5 Å². The summed E-state index contributed by atoms with van der Waals surface area (Å²) in [6, 6.07) is 20.8. The highest BCUT2D eigenvalue weighted by molar-refractivity contribution is 6.26. The molecule has 9 nitrogen and oxygen atoms in total. The third-order valence-corrected chi connectivity index (χ3v) is 6.46. The highest BCUT2D eigenvalue weighted by Gasteiger charge is 2.33. The van der Waals surface area contributed by atoms with E-state index < -0.39 is 11.5 Å². The summed E-state index contributed by atoms with van der Waals surface area (Å²) in [7, 11) is 3.08. The normalized spacial score (nSPS) is 11.8. The molecule has 5 aromatic rings. The maximum Gasteiger partial charge on any atom is 0.288 e. The van der Waals surface area contributed by atoms with Gasteiger partial charge in [-0.05, 0) is 30.3 Å². The zero-order valence-electron chi connectivity index (χ0n) is 19.9. The average Bonchev–Trinajstić information content (AvgIpc) is 3.54. The van der Waals surface area contributed by atoms with Crippen LogP contribution in [-0.4, -0.2) is 40.8 Å². The zero-order chi connectivity index (χ0) is 25.7. The minimum atomic E-state index is -0.587. The maximum absolute atomic E-state index is 13.5. The van der Waals surface area contributed by atoms with Crippen molar-refractivity contribution in [3.05, 3.63) is 100.0 Å². The van der Waals surface area contributed by atoms with Crippen molar-refractivity contribution in [2.24, 2.45) is 0 Å².